The Kier molecular flexibility index (Phi) is 8.50. The predicted octanol–water partition coefficient (Wildman–Crippen LogP) is 6.47. The third-order valence-corrected chi connectivity index (χ3v) is 4.30. The molecule has 0 bridgehead atoms. The van der Waals surface area contributed by atoms with Gasteiger partial charge in [-0.3, -0.25) is 0 Å². The van der Waals surface area contributed by atoms with Crippen LogP contribution >= 0.6 is 0 Å². The first-order chi connectivity index (χ1) is 13.1. The van der Waals surface area contributed by atoms with Crippen LogP contribution < -0.4 is 4.74 Å². The summed E-state index contributed by atoms with van der Waals surface area (Å²) in [5.74, 6) is 1.58. The summed E-state index contributed by atoms with van der Waals surface area (Å²) in [5, 5.41) is 8.93. The molecule has 0 aromatic heterocycles. The molecule has 3 nitrogen and oxygen atoms in total. The molecule has 1 atom stereocenters. The van der Waals surface area contributed by atoms with E-state index in [0.29, 0.717) is 5.90 Å². The first kappa shape index (κ1) is 20.6. The zero-order valence-corrected chi connectivity index (χ0v) is 16.9. The van der Waals surface area contributed by atoms with Crippen molar-refractivity contribution < 1.29 is 4.74 Å². The van der Waals surface area contributed by atoms with E-state index in [1.807, 2.05) is 43.3 Å². The average molecular weight is 363 g/mol. The van der Waals surface area contributed by atoms with Crippen molar-refractivity contribution in [2.45, 2.75) is 47.0 Å². The van der Waals surface area contributed by atoms with Gasteiger partial charge in [-0.15, -0.1) is 5.10 Å². The van der Waals surface area contributed by atoms with Crippen LogP contribution in [0.2, 0.25) is 0 Å². The first-order valence-electron chi connectivity index (χ1n) is 9.66. The maximum Gasteiger partial charge on any atom is 0.211 e. The van der Waals surface area contributed by atoms with Gasteiger partial charge in [0.2, 0.25) is 5.90 Å². The highest BCUT2D eigenvalue weighted by Crippen LogP contribution is 2.16. The minimum absolute atomic E-state index is 0.272. The van der Waals surface area contributed by atoms with Crippen molar-refractivity contribution in [1.82, 2.24) is 0 Å². The molecule has 27 heavy (non-hydrogen) atoms. The Bertz CT molecular complexity index is 777. The lowest BCUT2D eigenvalue weighted by Crippen LogP contribution is -2.16. The summed E-state index contributed by atoms with van der Waals surface area (Å²) in [6, 6.07) is 20.2. The highest BCUT2D eigenvalue weighted by atomic mass is 16.5. The van der Waals surface area contributed by atoms with Crippen LogP contribution in [-0.2, 0) is 6.42 Å². The number of hydrogen-bond donors (Lipinski definition) is 0. The molecule has 0 radical (unpaired) electrons. The molecule has 0 aliphatic heterocycles. The number of para-hydroxylation sites is 1. The molecule has 0 heterocycles. The van der Waals surface area contributed by atoms with E-state index < -0.39 is 0 Å². The third-order valence-electron chi connectivity index (χ3n) is 4.30. The molecule has 0 saturated carbocycles. The van der Waals surface area contributed by atoms with Crippen LogP contribution in [0.25, 0.3) is 0 Å². The van der Waals surface area contributed by atoms with Crippen LogP contribution in [0.4, 0.5) is 0 Å². The molecule has 0 amide bonds. The normalized spacial score (nSPS) is 14.1. The molecular formula is C24H30N2O. The van der Waals surface area contributed by atoms with Gasteiger partial charge >= 0.3 is 0 Å². The number of rotatable bonds is 8. The molecule has 2 rings (SSSR count). The van der Waals surface area contributed by atoms with Crippen molar-refractivity contribution in [3.63, 3.8) is 0 Å². The molecule has 0 fully saturated rings. The Balaban J connectivity index is 2.20. The monoisotopic (exact) mass is 362 g/mol. The van der Waals surface area contributed by atoms with Crippen LogP contribution in [0.15, 0.2) is 82.5 Å². The van der Waals surface area contributed by atoms with Gasteiger partial charge in [0.15, 0.2) is 0 Å². The predicted molar refractivity (Wildman–Crippen MR) is 116 cm³/mol. The Morgan fingerprint density at radius 1 is 0.963 bits per heavy atom. The summed E-state index contributed by atoms with van der Waals surface area (Å²) in [5.41, 5.74) is 3.52. The molecule has 3 heteroatoms. The summed E-state index contributed by atoms with van der Waals surface area (Å²) in [4.78, 5) is 0. The van der Waals surface area contributed by atoms with Crippen LogP contribution in [0.1, 0.15) is 46.1 Å². The Morgan fingerprint density at radius 2 is 1.59 bits per heavy atom. The van der Waals surface area contributed by atoms with E-state index in [9.17, 15) is 0 Å². The van der Waals surface area contributed by atoms with Gasteiger partial charge in [-0.1, -0.05) is 74.9 Å². The largest absolute Gasteiger partial charge is 0.442 e. The standard InChI is InChI=1S/C24H30N2O/c1-5-6-13-19(2)24(20(3)18-22-14-9-7-10-15-22)26-25-21(4)27-23-16-11-8-12-17-23/h7-17,20H,5-6,18H2,1-4H3/b19-13-,25-21+,26-24+/t20-/m1/s1. The molecule has 2 aromatic carbocycles. The van der Waals surface area contributed by atoms with E-state index in [0.717, 1.165) is 30.7 Å². The number of ether oxygens (including phenoxy) is 1. The smallest absolute Gasteiger partial charge is 0.211 e. The third kappa shape index (κ3) is 7.22. The Morgan fingerprint density at radius 3 is 2.22 bits per heavy atom. The average Bonchev–Trinajstić information content (AvgIpc) is 2.68. The zero-order chi connectivity index (χ0) is 19.5. The summed E-state index contributed by atoms with van der Waals surface area (Å²) in [6.45, 7) is 8.35. The van der Waals surface area contributed by atoms with Crippen molar-refractivity contribution >= 4 is 11.6 Å². The summed E-state index contributed by atoms with van der Waals surface area (Å²) in [6.07, 6.45) is 5.36. The highest BCUT2D eigenvalue weighted by Gasteiger charge is 2.14. The second-order valence-electron chi connectivity index (χ2n) is 6.79. The quantitative estimate of drug-likeness (QED) is 0.301. The summed E-state index contributed by atoms with van der Waals surface area (Å²) < 4.78 is 5.75. The zero-order valence-electron chi connectivity index (χ0n) is 16.9. The molecule has 0 unspecified atom stereocenters. The molecule has 0 spiro atoms. The van der Waals surface area contributed by atoms with E-state index >= 15 is 0 Å². The highest BCUT2D eigenvalue weighted by molar-refractivity contribution is 6.01. The van der Waals surface area contributed by atoms with Gasteiger partial charge in [0.05, 0.1) is 5.71 Å². The van der Waals surface area contributed by atoms with Crippen LogP contribution in [-0.4, -0.2) is 11.6 Å². The lowest BCUT2D eigenvalue weighted by Gasteiger charge is -2.15. The van der Waals surface area contributed by atoms with E-state index in [-0.39, 0.29) is 5.92 Å². The van der Waals surface area contributed by atoms with Crippen LogP contribution in [0.5, 0.6) is 5.75 Å². The fourth-order valence-electron chi connectivity index (χ4n) is 2.90. The molecule has 0 aliphatic rings. The van der Waals surface area contributed by atoms with Crippen LogP contribution in [0.3, 0.4) is 0 Å². The second-order valence-corrected chi connectivity index (χ2v) is 6.79. The lowest BCUT2D eigenvalue weighted by molar-refractivity contribution is 0.543. The maximum absolute atomic E-state index is 5.75. The van der Waals surface area contributed by atoms with Gasteiger partial charge < -0.3 is 4.74 Å². The van der Waals surface area contributed by atoms with Gasteiger partial charge in [0.1, 0.15) is 5.75 Å². The van der Waals surface area contributed by atoms with Gasteiger partial charge in [-0.05, 0) is 43.0 Å². The van der Waals surface area contributed by atoms with Crippen molar-refractivity contribution in [2.75, 3.05) is 0 Å². The van der Waals surface area contributed by atoms with Crippen molar-refractivity contribution in [2.24, 2.45) is 16.1 Å². The van der Waals surface area contributed by atoms with Crippen molar-refractivity contribution in [3.05, 3.63) is 77.9 Å². The van der Waals surface area contributed by atoms with Crippen molar-refractivity contribution in [3.8, 4) is 5.75 Å². The molecule has 0 aliphatic carbocycles. The SMILES string of the molecule is CCC\C=C(C)/C(=N\N=C(/C)Oc1ccccc1)[C@H](C)Cc1ccccc1. The van der Waals surface area contributed by atoms with Gasteiger partial charge in [0.25, 0.3) is 0 Å². The number of hydrogen-bond acceptors (Lipinski definition) is 3. The number of nitrogens with zero attached hydrogens (tertiary/aromatic N) is 2. The van der Waals surface area contributed by atoms with E-state index in [2.05, 4.69) is 61.3 Å². The first-order valence-corrected chi connectivity index (χ1v) is 9.66. The molecule has 142 valence electrons. The topological polar surface area (TPSA) is 34.0 Å². The van der Waals surface area contributed by atoms with Crippen molar-refractivity contribution in [1.29, 1.82) is 0 Å². The fourth-order valence-corrected chi connectivity index (χ4v) is 2.90. The number of unbranched alkanes of at least 4 members (excludes halogenated alkanes) is 1. The van der Waals surface area contributed by atoms with Crippen LogP contribution in [0, 0.1) is 5.92 Å². The van der Waals surface area contributed by atoms with E-state index in [1.165, 1.54) is 11.1 Å². The number of benzene rings is 2. The minimum Gasteiger partial charge on any atom is -0.442 e. The van der Waals surface area contributed by atoms with Gasteiger partial charge in [-0.2, -0.15) is 5.10 Å². The fraction of sp³-hybridized carbons (Fsp3) is 0.333. The molecule has 2 aromatic rings. The lowest BCUT2D eigenvalue weighted by atomic mass is 9.92. The number of allylic oxidation sites excluding steroid dienone is 2. The van der Waals surface area contributed by atoms with Gasteiger partial charge in [0, 0.05) is 12.8 Å². The second kappa shape index (κ2) is 11.1. The summed E-state index contributed by atoms with van der Waals surface area (Å²) in [7, 11) is 0. The molecule has 0 saturated heterocycles. The van der Waals surface area contributed by atoms with Gasteiger partial charge in [-0.25, -0.2) is 0 Å². The summed E-state index contributed by atoms with van der Waals surface area (Å²) >= 11 is 0. The minimum atomic E-state index is 0.272. The Labute approximate surface area is 163 Å². The maximum atomic E-state index is 5.75. The molecular weight excluding hydrogens is 332 g/mol. The molecule has 0 N–H and O–H groups in total. The van der Waals surface area contributed by atoms with E-state index in [1.54, 1.807) is 0 Å². The van der Waals surface area contributed by atoms with E-state index in [4.69, 9.17) is 4.74 Å². The Hall–Kier alpha value is -2.68.